The standard InChI is InChI=1S/C22H36N2O/c1-3-14-23-15-10-19(11-16-23)4-5-20-12-17-24(18-13-20)21-6-8-22(25-2)9-7-21/h6-9,19-20H,3-5,10-18H2,1-2H3. The zero-order valence-electron chi connectivity index (χ0n) is 16.3. The van der Waals surface area contributed by atoms with Crippen molar-refractivity contribution in [2.75, 3.05) is 44.7 Å². The predicted octanol–water partition coefficient (Wildman–Crippen LogP) is 4.81. The fraction of sp³-hybridized carbons (Fsp3) is 0.727. The highest BCUT2D eigenvalue weighted by Crippen LogP contribution is 2.30. The van der Waals surface area contributed by atoms with Gasteiger partial charge in [-0.1, -0.05) is 19.8 Å². The van der Waals surface area contributed by atoms with Crippen LogP contribution < -0.4 is 9.64 Å². The van der Waals surface area contributed by atoms with Gasteiger partial charge in [-0.05, 0) is 87.8 Å². The molecule has 3 rings (SSSR count). The minimum Gasteiger partial charge on any atom is -0.497 e. The van der Waals surface area contributed by atoms with Gasteiger partial charge in [0.05, 0.1) is 7.11 Å². The summed E-state index contributed by atoms with van der Waals surface area (Å²) in [6, 6.07) is 8.55. The topological polar surface area (TPSA) is 15.7 Å². The van der Waals surface area contributed by atoms with Crippen LogP contribution in [0.3, 0.4) is 0 Å². The van der Waals surface area contributed by atoms with Gasteiger partial charge < -0.3 is 14.5 Å². The van der Waals surface area contributed by atoms with E-state index in [0.29, 0.717) is 0 Å². The summed E-state index contributed by atoms with van der Waals surface area (Å²) in [7, 11) is 1.73. The molecule has 3 nitrogen and oxygen atoms in total. The van der Waals surface area contributed by atoms with E-state index in [1.807, 2.05) is 0 Å². The number of piperidine rings is 2. The van der Waals surface area contributed by atoms with E-state index in [4.69, 9.17) is 4.74 Å². The Morgan fingerprint density at radius 3 is 1.96 bits per heavy atom. The minimum absolute atomic E-state index is 0.947. The summed E-state index contributed by atoms with van der Waals surface area (Å²) >= 11 is 0. The van der Waals surface area contributed by atoms with Gasteiger partial charge in [0.1, 0.15) is 5.75 Å². The van der Waals surface area contributed by atoms with Gasteiger partial charge in [-0.25, -0.2) is 0 Å². The summed E-state index contributed by atoms with van der Waals surface area (Å²) in [6.45, 7) is 8.71. The van der Waals surface area contributed by atoms with E-state index in [1.165, 1.54) is 83.4 Å². The van der Waals surface area contributed by atoms with Crippen LogP contribution in [0.25, 0.3) is 0 Å². The number of hydrogen-bond acceptors (Lipinski definition) is 3. The average molecular weight is 345 g/mol. The van der Waals surface area contributed by atoms with Crippen LogP contribution in [0.1, 0.15) is 51.9 Å². The van der Waals surface area contributed by atoms with Gasteiger partial charge in [0, 0.05) is 18.8 Å². The second-order valence-electron chi connectivity index (χ2n) is 7.99. The van der Waals surface area contributed by atoms with Crippen molar-refractivity contribution in [3.63, 3.8) is 0 Å². The van der Waals surface area contributed by atoms with Crippen LogP contribution in [0.2, 0.25) is 0 Å². The van der Waals surface area contributed by atoms with E-state index in [9.17, 15) is 0 Å². The normalized spacial score (nSPS) is 20.8. The van der Waals surface area contributed by atoms with Crippen molar-refractivity contribution in [1.82, 2.24) is 4.90 Å². The molecule has 0 amide bonds. The summed E-state index contributed by atoms with van der Waals surface area (Å²) in [5, 5.41) is 0. The lowest BCUT2D eigenvalue weighted by Gasteiger charge is -2.35. The smallest absolute Gasteiger partial charge is 0.119 e. The van der Waals surface area contributed by atoms with Crippen molar-refractivity contribution in [3.05, 3.63) is 24.3 Å². The minimum atomic E-state index is 0.947. The summed E-state index contributed by atoms with van der Waals surface area (Å²) in [4.78, 5) is 5.20. The zero-order chi connectivity index (χ0) is 17.5. The van der Waals surface area contributed by atoms with Crippen LogP contribution in [0.4, 0.5) is 5.69 Å². The molecule has 2 fully saturated rings. The van der Waals surface area contributed by atoms with E-state index >= 15 is 0 Å². The largest absolute Gasteiger partial charge is 0.497 e. The van der Waals surface area contributed by atoms with Crippen LogP contribution in [-0.4, -0.2) is 44.7 Å². The third-order valence-corrected chi connectivity index (χ3v) is 6.28. The van der Waals surface area contributed by atoms with Gasteiger partial charge in [-0.2, -0.15) is 0 Å². The van der Waals surface area contributed by atoms with E-state index < -0.39 is 0 Å². The van der Waals surface area contributed by atoms with Gasteiger partial charge >= 0.3 is 0 Å². The monoisotopic (exact) mass is 344 g/mol. The molecular weight excluding hydrogens is 308 g/mol. The molecule has 0 bridgehead atoms. The number of ether oxygens (including phenoxy) is 1. The molecule has 2 saturated heterocycles. The molecule has 3 heteroatoms. The third kappa shape index (κ3) is 5.37. The van der Waals surface area contributed by atoms with Gasteiger partial charge in [0.2, 0.25) is 0 Å². The Hall–Kier alpha value is -1.22. The summed E-state index contributed by atoms with van der Waals surface area (Å²) < 4.78 is 5.26. The Balaban J connectivity index is 1.35. The molecule has 0 unspecified atom stereocenters. The van der Waals surface area contributed by atoms with Crippen LogP contribution in [-0.2, 0) is 0 Å². The Bertz CT molecular complexity index is 485. The van der Waals surface area contributed by atoms with E-state index in [-0.39, 0.29) is 0 Å². The Kier molecular flexibility index (Phi) is 7.03. The highest BCUT2D eigenvalue weighted by molar-refractivity contribution is 5.49. The number of rotatable bonds is 7. The van der Waals surface area contributed by atoms with Crippen molar-refractivity contribution in [1.29, 1.82) is 0 Å². The summed E-state index contributed by atoms with van der Waals surface area (Å²) in [5.41, 5.74) is 1.35. The number of nitrogens with zero attached hydrogens (tertiary/aromatic N) is 2. The highest BCUT2D eigenvalue weighted by Gasteiger charge is 2.23. The van der Waals surface area contributed by atoms with E-state index in [1.54, 1.807) is 7.11 Å². The third-order valence-electron chi connectivity index (χ3n) is 6.28. The first-order chi connectivity index (χ1) is 12.3. The molecule has 2 aliphatic rings. The molecule has 0 aromatic heterocycles. The number of benzene rings is 1. The lowest BCUT2D eigenvalue weighted by Crippen LogP contribution is -2.35. The fourth-order valence-electron chi connectivity index (χ4n) is 4.56. The lowest BCUT2D eigenvalue weighted by molar-refractivity contribution is 0.172. The first kappa shape index (κ1) is 18.6. The molecule has 0 atom stereocenters. The molecule has 2 aliphatic heterocycles. The van der Waals surface area contributed by atoms with Crippen molar-refractivity contribution in [2.24, 2.45) is 11.8 Å². The van der Waals surface area contributed by atoms with Crippen molar-refractivity contribution < 1.29 is 4.74 Å². The Morgan fingerprint density at radius 1 is 0.880 bits per heavy atom. The number of methoxy groups -OCH3 is 1. The average Bonchev–Trinajstić information content (AvgIpc) is 2.68. The molecule has 25 heavy (non-hydrogen) atoms. The number of hydrogen-bond donors (Lipinski definition) is 0. The first-order valence-corrected chi connectivity index (χ1v) is 10.4. The zero-order valence-corrected chi connectivity index (χ0v) is 16.3. The number of likely N-dealkylation sites (tertiary alicyclic amines) is 1. The highest BCUT2D eigenvalue weighted by atomic mass is 16.5. The van der Waals surface area contributed by atoms with Crippen LogP contribution in [0, 0.1) is 11.8 Å². The molecule has 1 aromatic rings. The molecule has 0 N–H and O–H groups in total. The maximum atomic E-state index is 5.26. The van der Waals surface area contributed by atoms with E-state index in [2.05, 4.69) is 41.0 Å². The molecule has 2 heterocycles. The molecule has 0 radical (unpaired) electrons. The first-order valence-electron chi connectivity index (χ1n) is 10.4. The van der Waals surface area contributed by atoms with E-state index in [0.717, 1.165) is 17.6 Å². The molecule has 140 valence electrons. The van der Waals surface area contributed by atoms with Gasteiger partial charge in [0.15, 0.2) is 0 Å². The Morgan fingerprint density at radius 2 is 1.44 bits per heavy atom. The van der Waals surface area contributed by atoms with Gasteiger partial charge in [0.25, 0.3) is 0 Å². The predicted molar refractivity (Wildman–Crippen MR) is 107 cm³/mol. The second kappa shape index (κ2) is 9.47. The SMILES string of the molecule is CCCN1CCC(CCC2CCN(c3ccc(OC)cc3)CC2)CC1. The van der Waals surface area contributed by atoms with Gasteiger partial charge in [-0.3, -0.25) is 0 Å². The lowest BCUT2D eigenvalue weighted by atomic mass is 9.85. The second-order valence-corrected chi connectivity index (χ2v) is 7.99. The molecule has 0 spiro atoms. The summed E-state index contributed by atoms with van der Waals surface area (Å²) in [6.07, 6.45) is 9.82. The quantitative estimate of drug-likeness (QED) is 0.706. The maximum absolute atomic E-state index is 5.26. The molecule has 0 saturated carbocycles. The van der Waals surface area contributed by atoms with Crippen LogP contribution in [0.5, 0.6) is 5.75 Å². The van der Waals surface area contributed by atoms with Crippen molar-refractivity contribution in [2.45, 2.75) is 51.9 Å². The van der Waals surface area contributed by atoms with Crippen molar-refractivity contribution in [3.8, 4) is 5.75 Å². The van der Waals surface area contributed by atoms with Crippen LogP contribution >= 0.6 is 0 Å². The molecular formula is C22H36N2O. The van der Waals surface area contributed by atoms with Crippen LogP contribution in [0.15, 0.2) is 24.3 Å². The maximum Gasteiger partial charge on any atom is 0.119 e. The van der Waals surface area contributed by atoms with Crippen molar-refractivity contribution >= 4 is 5.69 Å². The number of anilines is 1. The summed E-state index contributed by atoms with van der Waals surface area (Å²) in [5.74, 6) is 2.89. The van der Waals surface area contributed by atoms with Gasteiger partial charge in [-0.15, -0.1) is 0 Å². The molecule has 0 aliphatic carbocycles. The fourth-order valence-corrected chi connectivity index (χ4v) is 4.56. The molecule has 1 aromatic carbocycles. The Labute approximate surface area is 154 Å².